The molecular weight excluding hydrogens is 258 g/mol. The molecule has 0 aliphatic heterocycles. The summed E-state index contributed by atoms with van der Waals surface area (Å²) in [5.74, 6) is 0.741. The molecule has 0 aromatic carbocycles. The van der Waals surface area contributed by atoms with E-state index in [9.17, 15) is 0 Å². The van der Waals surface area contributed by atoms with E-state index in [-0.39, 0.29) is 0 Å². The van der Waals surface area contributed by atoms with Crippen LogP contribution < -0.4 is 0 Å². The topological polar surface area (TPSA) is 39.9 Å². The van der Waals surface area contributed by atoms with Gasteiger partial charge < -0.3 is 4.74 Å². The monoisotopic (exact) mass is 266 g/mol. The fourth-order valence-electron chi connectivity index (χ4n) is 1.25. The predicted molar refractivity (Wildman–Crippen MR) is 58.6 cm³/mol. The number of halogens is 1. The molecule has 0 unspecified atom stereocenters. The van der Waals surface area contributed by atoms with E-state index in [1.165, 1.54) is 0 Å². The molecular formula is C10H9BrN3O. The molecule has 0 amide bonds. The lowest BCUT2D eigenvalue weighted by atomic mass is 10.4. The first-order valence-corrected chi connectivity index (χ1v) is 5.16. The van der Waals surface area contributed by atoms with Gasteiger partial charge in [-0.3, -0.25) is 0 Å². The Labute approximate surface area is 96.0 Å². The van der Waals surface area contributed by atoms with Crippen molar-refractivity contribution in [3.63, 3.8) is 0 Å². The van der Waals surface area contributed by atoms with Gasteiger partial charge in [0.25, 0.3) is 0 Å². The quantitative estimate of drug-likeness (QED) is 0.853. The third kappa shape index (κ3) is 2.08. The van der Waals surface area contributed by atoms with Gasteiger partial charge in [-0.1, -0.05) is 0 Å². The second-order valence-corrected chi connectivity index (χ2v) is 3.74. The number of ether oxygens (including phenoxy) is 1. The van der Waals surface area contributed by atoms with Crippen molar-refractivity contribution in [2.75, 3.05) is 7.11 Å². The molecule has 0 saturated heterocycles. The number of rotatable bonds is 3. The van der Waals surface area contributed by atoms with Crippen LogP contribution in [-0.2, 0) is 11.3 Å². The van der Waals surface area contributed by atoms with Crippen LogP contribution >= 0.6 is 15.9 Å². The summed E-state index contributed by atoms with van der Waals surface area (Å²) in [7, 11) is 1.64. The summed E-state index contributed by atoms with van der Waals surface area (Å²) < 4.78 is 7.64. The second-order valence-electron chi connectivity index (χ2n) is 2.89. The molecule has 0 N–H and O–H groups in total. The number of methoxy groups -OCH3 is 1. The summed E-state index contributed by atoms with van der Waals surface area (Å²) in [6.07, 6.45) is 3.33. The molecule has 2 aromatic heterocycles. The molecule has 1 radical (unpaired) electrons. The van der Waals surface area contributed by atoms with Crippen molar-refractivity contribution in [1.29, 1.82) is 0 Å². The van der Waals surface area contributed by atoms with E-state index in [0.717, 1.165) is 16.0 Å². The van der Waals surface area contributed by atoms with Crippen LogP contribution in [0.15, 0.2) is 29.0 Å². The van der Waals surface area contributed by atoms with Crippen molar-refractivity contribution in [1.82, 2.24) is 14.8 Å². The molecule has 0 spiro atoms. The van der Waals surface area contributed by atoms with E-state index >= 15 is 0 Å². The van der Waals surface area contributed by atoms with Gasteiger partial charge in [0.15, 0.2) is 5.82 Å². The zero-order chi connectivity index (χ0) is 10.7. The predicted octanol–water partition coefficient (Wildman–Crippen LogP) is 1.98. The highest BCUT2D eigenvalue weighted by Gasteiger charge is 2.08. The zero-order valence-corrected chi connectivity index (χ0v) is 9.73. The van der Waals surface area contributed by atoms with Crippen LogP contribution in [0.2, 0.25) is 0 Å². The number of pyridine rings is 1. The fraction of sp³-hybridized carbons (Fsp3) is 0.200. The summed E-state index contributed by atoms with van der Waals surface area (Å²) in [6.45, 7) is 0.461. The van der Waals surface area contributed by atoms with E-state index in [1.807, 2.05) is 12.1 Å². The lowest BCUT2D eigenvalue weighted by Gasteiger charge is -2.06. The molecule has 0 aliphatic carbocycles. The van der Waals surface area contributed by atoms with Gasteiger partial charge in [-0.2, -0.15) is 5.10 Å². The highest BCUT2D eigenvalue weighted by Crippen LogP contribution is 2.18. The Hall–Kier alpha value is -1.20. The molecule has 5 heteroatoms. The number of nitrogens with zero attached hydrogens (tertiary/aromatic N) is 3. The van der Waals surface area contributed by atoms with Crippen molar-refractivity contribution >= 4 is 15.9 Å². The number of hydrogen-bond acceptors (Lipinski definition) is 3. The lowest BCUT2D eigenvalue weighted by molar-refractivity contribution is 0.179. The smallest absolute Gasteiger partial charge is 0.168 e. The normalized spacial score (nSPS) is 10.5. The Morgan fingerprint density at radius 3 is 3.20 bits per heavy atom. The summed E-state index contributed by atoms with van der Waals surface area (Å²) in [6, 6.07) is 6.77. The van der Waals surface area contributed by atoms with E-state index < -0.39 is 0 Å². The molecule has 77 valence electrons. The van der Waals surface area contributed by atoms with Crippen molar-refractivity contribution in [3.8, 4) is 5.82 Å². The average Bonchev–Trinajstić information content (AvgIpc) is 2.67. The van der Waals surface area contributed by atoms with Crippen LogP contribution in [0.1, 0.15) is 5.69 Å². The van der Waals surface area contributed by atoms with Crippen LogP contribution in [0.4, 0.5) is 0 Å². The van der Waals surface area contributed by atoms with Crippen LogP contribution in [0, 0.1) is 6.07 Å². The number of hydrogen-bond donors (Lipinski definition) is 0. The Morgan fingerprint density at radius 2 is 2.47 bits per heavy atom. The van der Waals surface area contributed by atoms with Crippen molar-refractivity contribution in [2.24, 2.45) is 0 Å². The minimum Gasteiger partial charge on any atom is -0.378 e. The first-order chi connectivity index (χ1) is 7.33. The molecule has 2 rings (SSSR count). The molecule has 0 aliphatic rings. The van der Waals surface area contributed by atoms with E-state index in [2.05, 4.69) is 32.1 Å². The van der Waals surface area contributed by atoms with Crippen LogP contribution in [0.3, 0.4) is 0 Å². The summed E-state index contributed by atoms with van der Waals surface area (Å²) >= 11 is 3.42. The van der Waals surface area contributed by atoms with Crippen molar-refractivity contribution in [2.45, 2.75) is 6.61 Å². The third-order valence-corrected chi connectivity index (χ3v) is 2.50. The maximum Gasteiger partial charge on any atom is 0.168 e. The Balaban J connectivity index is 2.45. The molecule has 4 nitrogen and oxygen atoms in total. The molecule has 15 heavy (non-hydrogen) atoms. The van der Waals surface area contributed by atoms with Crippen LogP contribution in [0.25, 0.3) is 5.82 Å². The molecule has 0 atom stereocenters. The largest absolute Gasteiger partial charge is 0.378 e. The molecule has 0 fully saturated rings. The van der Waals surface area contributed by atoms with Gasteiger partial charge in [0.1, 0.15) is 0 Å². The second kappa shape index (κ2) is 4.55. The Bertz CT molecular complexity index is 455. The van der Waals surface area contributed by atoms with E-state index in [4.69, 9.17) is 4.74 Å². The van der Waals surface area contributed by atoms with Gasteiger partial charge in [-0.05, 0) is 28.1 Å². The summed E-state index contributed by atoms with van der Waals surface area (Å²) in [4.78, 5) is 4.24. The van der Waals surface area contributed by atoms with Crippen molar-refractivity contribution in [3.05, 3.63) is 40.8 Å². The maximum absolute atomic E-state index is 5.05. The molecule has 2 heterocycles. The zero-order valence-electron chi connectivity index (χ0n) is 8.14. The van der Waals surface area contributed by atoms with Gasteiger partial charge in [-0.25, -0.2) is 9.67 Å². The molecule has 0 saturated carbocycles. The van der Waals surface area contributed by atoms with E-state index in [0.29, 0.717) is 6.61 Å². The number of aromatic nitrogens is 3. The van der Waals surface area contributed by atoms with E-state index in [1.54, 1.807) is 24.2 Å². The summed E-state index contributed by atoms with van der Waals surface area (Å²) in [5, 5.41) is 4.15. The molecule has 2 aromatic rings. The van der Waals surface area contributed by atoms with Crippen LogP contribution in [-0.4, -0.2) is 21.9 Å². The van der Waals surface area contributed by atoms with Gasteiger partial charge in [0.05, 0.1) is 23.0 Å². The minimum atomic E-state index is 0.461. The van der Waals surface area contributed by atoms with Crippen LogP contribution in [0.5, 0.6) is 0 Å². The lowest BCUT2D eigenvalue weighted by Crippen LogP contribution is -2.05. The van der Waals surface area contributed by atoms with Gasteiger partial charge >= 0.3 is 0 Å². The van der Waals surface area contributed by atoms with Gasteiger partial charge in [0, 0.05) is 19.4 Å². The Kier molecular flexibility index (Phi) is 3.13. The first-order valence-electron chi connectivity index (χ1n) is 4.37. The highest BCUT2D eigenvalue weighted by molar-refractivity contribution is 9.10. The maximum atomic E-state index is 5.05. The average molecular weight is 267 g/mol. The van der Waals surface area contributed by atoms with Gasteiger partial charge in [0.2, 0.25) is 0 Å². The van der Waals surface area contributed by atoms with Crippen molar-refractivity contribution < 1.29 is 4.74 Å². The third-order valence-electron chi connectivity index (χ3n) is 1.88. The SMILES string of the molecule is COCc1[c]cnn1-c1ncccc1Br. The highest BCUT2D eigenvalue weighted by atomic mass is 79.9. The standard InChI is InChI=1S/C10H9BrN3O/c1-15-7-8-4-6-13-14(8)10-9(11)3-2-5-12-10/h2-3,5-6H,7H2,1H3. The minimum absolute atomic E-state index is 0.461. The molecule has 0 bridgehead atoms. The van der Waals surface area contributed by atoms with Gasteiger partial charge in [-0.15, -0.1) is 0 Å². The Morgan fingerprint density at radius 1 is 1.60 bits per heavy atom. The summed E-state index contributed by atoms with van der Waals surface area (Å²) in [5.41, 5.74) is 0.844. The fourth-order valence-corrected chi connectivity index (χ4v) is 1.67. The first kappa shape index (κ1) is 10.3.